The quantitative estimate of drug-likeness (QED) is 0.666. The molecule has 0 unspecified atom stereocenters. The normalized spacial score (nSPS) is 21.9. The number of ether oxygens (including phenoxy) is 2. The van der Waals surface area contributed by atoms with Crippen molar-refractivity contribution in [3.8, 4) is 11.5 Å². The lowest BCUT2D eigenvalue weighted by Crippen LogP contribution is -2.50. The van der Waals surface area contributed by atoms with Gasteiger partial charge in [-0.1, -0.05) is 49.4 Å². The molecule has 2 atom stereocenters. The van der Waals surface area contributed by atoms with Gasteiger partial charge in [0.25, 0.3) is 0 Å². The first-order valence-corrected chi connectivity index (χ1v) is 11.7. The zero-order valence-electron chi connectivity index (χ0n) is 19.7. The molecule has 2 aliphatic rings. The molecule has 4 rings (SSSR count). The highest BCUT2D eigenvalue weighted by atomic mass is 16.5. The van der Waals surface area contributed by atoms with E-state index in [0.717, 1.165) is 38.0 Å². The zero-order valence-corrected chi connectivity index (χ0v) is 19.7. The molecule has 0 aromatic heterocycles. The maximum Gasteiger partial charge on any atom is 0.220 e. The molecule has 0 saturated carbocycles. The van der Waals surface area contributed by atoms with E-state index in [1.165, 1.54) is 11.1 Å². The van der Waals surface area contributed by atoms with E-state index in [-0.39, 0.29) is 29.2 Å². The van der Waals surface area contributed by atoms with Crippen LogP contribution in [0.1, 0.15) is 48.9 Å². The number of phenolic OH excluding ortho intramolecular Hbond substituents is 1. The number of methoxy groups -OCH3 is 2. The number of carbonyl (C=O) groups excluding carboxylic acids is 1. The minimum atomic E-state index is -0.102. The fourth-order valence-corrected chi connectivity index (χ4v) is 5.47. The summed E-state index contributed by atoms with van der Waals surface area (Å²) < 4.78 is 11.3. The van der Waals surface area contributed by atoms with Crippen LogP contribution in [0.3, 0.4) is 0 Å². The third kappa shape index (κ3) is 4.50. The molecular weight excluding hydrogens is 416 g/mol. The maximum absolute atomic E-state index is 12.3. The molecule has 6 heteroatoms. The zero-order chi connectivity index (χ0) is 23.4. The van der Waals surface area contributed by atoms with E-state index in [9.17, 15) is 9.90 Å². The molecule has 176 valence electrons. The predicted molar refractivity (Wildman–Crippen MR) is 129 cm³/mol. The summed E-state index contributed by atoms with van der Waals surface area (Å²) in [5.41, 5.74) is 3.43. The van der Waals surface area contributed by atoms with Gasteiger partial charge in [-0.15, -0.1) is 0 Å². The number of nitrogens with zero attached hydrogens (tertiary/aromatic N) is 1. The summed E-state index contributed by atoms with van der Waals surface area (Å²) in [5.74, 6) is 0.684. The molecule has 1 fully saturated rings. The van der Waals surface area contributed by atoms with Crippen molar-refractivity contribution in [2.75, 3.05) is 33.9 Å². The Kier molecular flexibility index (Phi) is 7.05. The Morgan fingerprint density at radius 2 is 1.97 bits per heavy atom. The Balaban J connectivity index is 1.46. The summed E-state index contributed by atoms with van der Waals surface area (Å²) in [6, 6.07) is 13.8. The number of piperidine rings is 1. The minimum Gasteiger partial charge on any atom is -0.504 e. The van der Waals surface area contributed by atoms with Gasteiger partial charge >= 0.3 is 0 Å². The van der Waals surface area contributed by atoms with E-state index in [2.05, 4.69) is 40.6 Å². The molecule has 1 heterocycles. The van der Waals surface area contributed by atoms with Crippen molar-refractivity contribution in [1.29, 1.82) is 0 Å². The third-order valence-corrected chi connectivity index (χ3v) is 7.20. The Labute approximate surface area is 196 Å². The number of hydrogen-bond acceptors (Lipinski definition) is 5. The van der Waals surface area contributed by atoms with Crippen LogP contribution in [-0.4, -0.2) is 55.9 Å². The standard InChI is InChI=1S/C27H34N2O4/c1-4-24(31)28-25-20-9-5-6-10-21(20)27(26(25)33-3)13-16-29(17-14-27)15-7-8-19-11-12-22(30)23(18-19)32-2/h5-12,18,25-26,30H,4,13-17H2,1-3H3,(H,28,31)/b8-7+/t25-,26+/m0/s1. The SMILES string of the molecule is CCC(=O)N[C@H]1c2ccccc2C2(CCN(C/C=C/c3ccc(O)c(OC)c3)CC2)[C@@H]1OC. The van der Waals surface area contributed by atoms with E-state index in [1.807, 2.05) is 25.1 Å². The first kappa shape index (κ1) is 23.3. The molecular formula is C27H34N2O4. The summed E-state index contributed by atoms with van der Waals surface area (Å²) >= 11 is 0. The highest BCUT2D eigenvalue weighted by molar-refractivity contribution is 5.76. The summed E-state index contributed by atoms with van der Waals surface area (Å²) in [5, 5.41) is 13.0. The van der Waals surface area contributed by atoms with Gasteiger partial charge in [0.1, 0.15) is 0 Å². The molecule has 33 heavy (non-hydrogen) atoms. The topological polar surface area (TPSA) is 71.0 Å². The highest BCUT2D eigenvalue weighted by Gasteiger charge is 2.53. The summed E-state index contributed by atoms with van der Waals surface area (Å²) in [4.78, 5) is 14.7. The van der Waals surface area contributed by atoms with Crippen molar-refractivity contribution in [2.45, 2.75) is 43.7 Å². The number of amides is 1. The molecule has 1 spiro atoms. The van der Waals surface area contributed by atoms with E-state index >= 15 is 0 Å². The second-order valence-corrected chi connectivity index (χ2v) is 8.93. The number of hydrogen-bond donors (Lipinski definition) is 2. The number of likely N-dealkylation sites (tertiary alicyclic amines) is 1. The van der Waals surface area contributed by atoms with Crippen LogP contribution in [0, 0.1) is 0 Å². The summed E-state index contributed by atoms with van der Waals surface area (Å²) in [6.07, 6.45) is 6.60. The lowest BCUT2D eigenvalue weighted by molar-refractivity contribution is -0.123. The number of carbonyl (C=O) groups is 1. The van der Waals surface area contributed by atoms with Gasteiger partial charge in [0.15, 0.2) is 11.5 Å². The Morgan fingerprint density at radius 3 is 2.67 bits per heavy atom. The van der Waals surface area contributed by atoms with Gasteiger partial charge < -0.3 is 19.9 Å². The number of rotatable bonds is 7. The van der Waals surface area contributed by atoms with Crippen LogP contribution in [0.15, 0.2) is 48.5 Å². The van der Waals surface area contributed by atoms with Crippen molar-refractivity contribution in [1.82, 2.24) is 10.2 Å². The largest absolute Gasteiger partial charge is 0.504 e. The maximum atomic E-state index is 12.3. The first-order valence-electron chi connectivity index (χ1n) is 11.7. The van der Waals surface area contributed by atoms with Gasteiger partial charge in [-0.2, -0.15) is 0 Å². The molecule has 0 radical (unpaired) electrons. The highest BCUT2D eigenvalue weighted by Crippen LogP contribution is 2.52. The van der Waals surface area contributed by atoms with E-state index in [1.54, 1.807) is 20.3 Å². The average Bonchev–Trinajstić information content (AvgIpc) is 3.09. The van der Waals surface area contributed by atoms with Gasteiger partial charge in [0.2, 0.25) is 5.91 Å². The number of fused-ring (bicyclic) bond motifs is 2. The monoisotopic (exact) mass is 450 g/mol. The van der Waals surface area contributed by atoms with Gasteiger partial charge in [0, 0.05) is 25.5 Å². The second kappa shape index (κ2) is 9.98. The van der Waals surface area contributed by atoms with E-state index in [4.69, 9.17) is 9.47 Å². The molecule has 2 N–H and O–H groups in total. The summed E-state index contributed by atoms with van der Waals surface area (Å²) in [6.45, 7) is 4.67. The molecule has 0 bridgehead atoms. The number of benzene rings is 2. The number of nitrogens with one attached hydrogen (secondary N) is 1. The molecule has 2 aromatic carbocycles. The van der Waals surface area contributed by atoms with Crippen LogP contribution in [0.4, 0.5) is 0 Å². The van der Waals surface area contributed by atoms with Gasteiger partial charge in [-0.3, -0.25) is 9.69 Å². The molecule has 1 saturated heterocycles. The number of aromatic hydroxyl groups is 1. The van der Waals surface area contributed by atoms with Crippen LogP contribution in [-0.2, 0) is 14.9 Å². The van der Waals surface area contributed by atoms with Crippen LogP contribution in [0.5, 0.6) is 11.5 Å². The minimum absolute atomic E-state index is 0.0577. The van der Waals surface area contributed by atoms with Crippen LogP contribution >= 0.6 is 0 Å². The Hall–Kier alpha value is -2.83. The summed E-state index contributed by atoms with van der Waals surface area (Å²) in [7, 11) is 3.32. The predicted octanol–water partition coefficient (Wildman–Crippen LogP) is 4.04. The molecule has 1 amide bonds. The fourth-order valence-electron chi connectivity index (χ4n) is 5.47. The van der Waals surface area contributed by atoms with Gasteiger partial charge in [-0.25, -0.2) is 0 Å². The third-order valence-electron chi connectivity index (χ3n) is 7.20. The second-order valence-electron chi connectivity index (χ2n) is 8.93. The van der Waals surface area contributed by atoms with E-state index in [0.29, 0.717) is 12.2 Å². The molecule has 2 aromatic rings. The van der Waals surface area contributed by atoms with Crippen LogP contribution < -0.4 is 10.1 Å². The average molecular weight is 451 g/mol. The lowest BCUT2D eigenvalue weighted by atomic mass is 9.72. The van der Waals surface area contributed by atoms with E-state index < -0.39 is 0 Å². The van der Waals surface area contributed by atoms with Crippen molar-refractivity contribution in [3.05, 3.63) is 65.2 Å². The smallest absolute Gasteiger partial charge is 0.220 e. The Morgan fingerprint density at radius 1 is 1.21 bits per heavy atom. The molecule has 1 aliphatic heterocycles. The van der Waals surface area contributed by atoms with Crippen molar-refractivity contribution in [3.63, 3.8) is 0 Å². The lowest BCUT2D eigenvalue weighted by Gasteiger charge is -2.44. The molecule has 1 aliphatic carbocycles. The van der Waals surface area contributed by atoms with Crippen molar-refractivity contribution in [2.24, 2.45) is 0 Å². The molecule has 6 nitrogen and oxygen atoms in total. The van der Waals surface area contributed by atoms with Crippen molar-refractivity contribution < 1.29 is 19.4 Å². The van der Waals surface area contributed by atoms with Gasteiger partial charge in [-0.05, 0) is 54.8 Å². The van der Waals surface area contributed by atoms with Gasteiger partial charge in [0.05, 0.1) is 19.3 Å². The fraction of sp³-hybridized carbons (Fsp3) is 0.444. The van der Waals surface area contributed by atoms with Crippen LogP contribution in [0.2, 0.25) is 0 Å². The first-order chi connectivity index (χ1) is 16.0. The van der Waals surface area contributed by atoms with Crippen molar-refractivity contribution >= 4 is 12.0 Å². The van der Waals surface area contributed by atoms with Crippen LogP contribution in [0.25, 0.3) is 6.08 Å². The Bertz CT molecular complexity index is 1010. The number of phenols is 1.